The van der Waals surface area contributed by atoms with Crippen LogP contribution in [-0.2, 0) is 0 Å². The van der Waals surface area contributed by atoms with Crippen LogP contribution in [0.2, 0.25) is 0 Å². The minimum Gasteiger partial charge on any atom is -0.256 e. The highest BCUT2D eigenvalue weighted by atomic mass is 15.0. The maximum absolute atomic E-state index is 5.14. The van der Waals surface area contributed by atoms with Crippen molar-refractivity contribution in [3.05, 3.63) is 225 Å². The quantitative estimate of drug-likeness (QED) is 0.146. The second-order valence-corrected chi connectivity index (χ2v) is 14.6. The molecule has 0 amide bonds. The Balaban J connectivity index is 1.13. The molecule has 5 heteroatoms. The molecule has 0 N–H and O–H groups in total. The van der Waals surface area contributed by atoms with E-state index in [9.17, 15) is 0 Å². The van der Waals surface area contributed by atoms with Gasteiger partial charge in [-0.1, -0.05) is 146 Å². The number of hydrogen-bond acceptors (Lipinski definition) is 5. The van der Waals surface area contributed by atoms with Gasteiger partial charge in [-0.2, -0.15) is 0 Å². The predicted octanol–water partition coefficient (Wildman–Crippen LogP) is 13.7. The summed E-state index contributed by atoms with van der Waals surface area (Å²) in [6.07, 6.45) is 3.67. The third-order valence-electron chi connectivity index (χ3n) is 10.6. The van der Waals surface area contributed by atoms with Gasteiger partial charge in [0.2, 0.25) is 0 Å². The Hall–Kier alpha value is -8.15. The van der Waals surface area contributed by atoms with E-state index in [0.29, 0.717) is 17.5 Å². The van der Waals surface area contributed by atoms with Gasteiger partial charge in [0.05, 0.1) is 11.4 Å². The standard InChI is InChI=1S/C55H37N5/c1-3-15-38(16-4-1)53-58-54(39-17-5-2-6-18-39)60-55(59-53)50-36-48(44-23-11-19-40(31-44)42-21-13-25-46(33-42)51-27-7-9-29-56-51)35-49(37-50)45-24-12-20-41(32-45)43-22-14-26-47(34-43)52-28-8-10-30-57-52/h1-37H. The van der Waals surface area contributed by atoms with Crippen LogP contribution < -0.4 is 0 Å². The summed E-state index contributed by atoms with van der Waals surface area (Å²) in [5, 5.41) is 0. The second-order valence-electron chi connectivity index (χ2n) is 14.6. The molecule has 7 aromatic carbocycles. The summed E-state index contributed by atoms with van der Waals surface area (Å²) in [7, 11) is 0. The lowest BCUT2D eigenvalue weighted by atomic mass is 9.92. The molecule has 3 heterocycles. The molecule has 0 unspecified atom stereocenters. The Kier molecular flexibility index (Phi) is 9.88. The van der Waals surface area contributed by atoms with Gasteiger partial charge in [-0.15, -0.1) is 0 Å². The number of nitrogens with zero attached hydrogens (tertiary/aromatic N) is 5. The Bertz CT molecular complexity index is 2880. The molecule has 0 saturated heterocycles. The van der Waals surface area contributed by atoms with E-state index in [2.05, 4.69) is 125 Å². The summed E-state index contributed by atoms with van der Waals surface area (Å²) in [5.74, 6) is 1.84. The molecule has 5 nitrogen and oxygen atoms in total. The molecule has 3 aromatic heterocycles. The molecule has 282 valence electrons. The molecule has 0 aliphatic carbocycles. The Labute approximate surface area is 349 Å². The molecule has 0 bridgehead atoms. The van der Waals surface area contributed by atoms with E-state index in [1.165, 1.54) is 0 Å². The van der Waals surface area contributed by atoms with Crippen LogP contribution in [-0.4, -0.2) is 24.9 Å². The molecule has 0 fully saturated rings. The molecule has 0 aliphatic heterocycles. The molecule has 60 heavy (non-hydrogen) atoms. The first kappa shape index (κ1) is 36.2. The van der Waals surface area contributed by atoms with E-state index in [1.54, 1.807) is 0 Å². The minimum atomic E-state index is 0.601. The van der Waals surface area contributed by atoms with Gasteiger partial charge in [0.25, 0.3) is 0 Å². The number of hydrogen-bond donors (Lipinski definition) is 0. The van der Waals surface area contributed by atoms with Gasteiger partial charge in [-0.05, 0) is 111 Å². The predicted molar refractivity (Wildman–Crippen MR) is 244 cm³/mol. The lowest BCUT2D eigenvalue weighted by Crippen LogP contribution is -2.00. The first-order valence-electron chi connectivity index (χ1n) is 20.0. The van der Waals surface area contributed by atoms with E-state index in [-0.39, 0.29) is 0 Å². The van der Waals surface area contributed by atoms with Crippen LogP contribution in [0.4, 0.5) is 0 Å². The third kappa shape index (κ3) is 7.76. The molecule has 0 aliphatic rings. The summed E-state index contributed by atoms with van der Waals surface area (Å²) in [4.78, 5) is 24.5. The van der Waals surface area contributed by atoms with E-state index in [4.69, 9.17) is 15.0 Å². The maximum atomic E-state index is 5.14. The SMILES string of the molecule is c1ccc(-c2nc(-c3ccccc3)nc(-c3cc(-c4cccc(-c5cccc(-c6ccccn6)c5)c4)cc(-c4cccc(-c5cccc(-c6ccccn6)c5)c4)c3)n2)cc1. The highest BCUT2D eigenvalue weighted by Gasteiger charge is 2.16. The summed E-state index contributed by atoms with van der Waals surface area (Å²) < 4.78 is 0. The fourth-order valence-electron chi connectivity index (χ4n) is 7.57. The Morgan fingerprint density at radius 1 is 0.200 bits per heavy atom. The van der Waals surface area contributed by atoms with Crippen molar-refractivity contribution in [1.29, 1.82) is 0 Å². The first-order chi connectivity index (χ1) is 29.7. The summed E-state index contributed by atoms with van der Waals surface area (Å²) in [5.41, 5.74) is 15.5. The van der Waals surface area contributed by atoms with E-state index in [1.807, 2.05) is 109 Å². The number of benzene rings is 7. The average Bonchev–Trinajstić information content (AvgIpc) is 3.35. The van der Waals surface area contributed by atoms with E-state index >= 15 is 0 Å². The first-order valence-corrected chi connectivity index (χ1v) is 20.0. The van der Waals surface area contributed by atoms with Crippen molar-refractivity contribution in [2.24, 2.45) is 0 Å². The van der Waals surface area contributed by atoms with Crippen LogP contribution in [0.25, 0.3) is 101 Å². The third-order valence-corrected chi connectivity index (χ3v) is 10.6. The average molecular weight is 768 g/mol. The van der Waals surface area contributed by atoms with Crippen molar-refractivity contribution < 1.29 is 0 Å². The van der Waals surface area contributed by atoms with Gasteiger partial charge in [0.1, 0.15) is 0 Å². The van der Waals surface area contributed by atoms with E-state index in [0.717, 1.165) is 83.7 Å². The van der Waals surface area contributed by atoms with Gasteiger partial charge >= 0.3 is 0 Å². The summed E-state index contributed by atoms with van der Waals surface area (Å²) >= 11 is 0. The maximum Gasteiger partial charge on any atom is 0.164 e. The molecule has 0 saturated carbocycles. The van der Waals surface area contributed by atoms with Crippen LogP contribution in [0.15, 0.2) is 225 Å². The van der Waals surface area contributed by atoms with Gasteiger partial charge < -0.3 is 0 Å². The molecule has 0 radical (unpaired) electrons. The fourth-order valence-corrected chi connectivity index (χ4v) is 7.57. The van der Waals surface area contributed by atoms with Gasteiger partial charge in [0, 0.05) is 40.2 Å². The van der Waals surface area contributed by atoms with Crippen LogP contribution >= 0.6 is 0 Å². The fraction of sp³-hybridized carbons (Fsp3) is 0. The normalized spacial score (nSPS) is 11.0. The van der Waals surface area contributed by atoms with Crippen LogP contribution in [0.3, 0.4) is 0 Å². The lowest BCUT2D eigenvalue weighted by Gasteiger charge is -2.14. The summed E-state index contributed by atoms with van der Waals surface area (Å²) in [6, 6.07) is 73.5. The number of pyridine rings is 2. The smallest absolute Gasteiger partial charge is 0.164 e. The molecular formula is C55H37N5. The Morgan fingerprint density at radius 2 is 0.483 bits per heavy atom. The zero-order valence-electron chi connectivity index (χ0n) is 32.6. The molecule has 0 spiro atoms. The van der Waals surface area contributed by atoms with Crippen molar-refractivity contribution in [2.75, 3.05) is 0 Å². The van der Waals surface area contributed by atoms with Crippen molar-refractivity contribution in [1.82, 2.24) is 24.9 Å². The van der Waals surface area contributed by atoms with E-state index < -0.39 is 0 Å². The van der Waals surface area contributed by atoms with Crippen molar-refractivity contribution >= 4 is 0 Å². The van der Waals surface area contributed by atoms with Gasteiger partial charge in [0.15, 0.2) is 17.5 Å². The second kappa shape index (κ2) is 16.4. The molecule has 10 aromatic rings. The zero-order valence-corrected chi connectivity index (χ0v) is 32.6. The molecule has 10 rings (SSSR count). The molecule has 0 atom stereocenters. The van der Waals surface area contributed by atoms with Gasteiger partial charge in [-0.3, -0.25) is 9.97 Å². The van der Waals surface area contributed by atoms with Crippen molar-refractivity contribution in [3.8, 4) is 101 Å². The monoisotopic (exact) mass is 767 g/mol. The number of rotatable bonds is 9. The molecular weight excluding hydrogens is 731 g/mol. The van der Waals surface area contributed by atoms with Crippen molar-refractivity contribution in [3.63, 3.8) is 0 Å². The topological polar surface area (TPSA) is 64.5 Å². The van der Waals surface area contributed by atoms with Crippen LogP contribution in [0.1, 0.15) is 0 Å². The largest absolute Gasteiger partial charge is 0.256 e. The van der Waals surface area contributed by atoms with Crippen LogP contribution in [0, 0.1) is 0 Å². The Morgan fingerprint density at radius 3 is 0.867 bits per heavy atom. The highest BCUT2D eigenvalue weighted by Crippen LogP contribution is 2.37. The summed E-state index contributed by atoms with van der Waals surface area (Å²) in [6.45, 7) is 0. The van der Waals surface area contributed by atoms with Gasteiger partial charge in [-0.25, -0.2) is 15.0 Å². The zero-order chi connectivity index (χ0) is 40.1. The van der Waals surface area contributed by atoms with Crippen molar-refractivity contribution in [2.45, 2.75) is 0 Å². The number of aromatic nitrogens is 5. The minimum absolute atomic E-state index is 0.601. The lowest BCUT2D eigenvalue weighted by molar-refractivity contribution is 1.07. The van der Waals surface area contributed by atoms with Crippen LogP contribution in [0.5, 0.6) is 0 Å². The highest BCUT2D eigenvalue weighted by molar-refractivity contribution is 5.84.